The summed E-state index contributed by atoms with van der Waals surface area (Å²) in [4.78, 5) is 24.1. The van der Waals surface area contributed by atoms with Crippen molar-refractivity contribution in [1.29, 1.82) is 0 Å². The van der Waals surface area contributed by atoms with Gasteiger partial charge in [-0.25, -0.2) is 9.97 Å². The zero-order valence-electron chi connectivity index (χ0n) is 24.7. The molecule has 1 N–H and O–H groups in total. The molecular formula is C34H32ClN3O4S. The zero-order chi connectivity index (χ0) is 30.5. The van der Waals surface area contributed by atoms with Gasteiger partial charge in [-0.3, -0.25) is 4.79 Å². The molecule has 0 radical (unpaired) electrons. The summed E-state index contributed by atoms with van der Waals surface area (Å²) in [6, 6.07) is 19.6. The number of carboxylic acid groups (broad SMARTS) is 1. The van der Waals surface area contributed by atoms with Crippen LogP contribution in [0.25, 0.3) is 43.2 Å². The first kappa shape index (κ1) is 29.0. The van der Waals surface area contributed by atoms with E-state index in [2.05, 4.69) is 11.0 Å². The highest BCUT2D eigenvalue weighted by atomic mass is 35.5. The van der Waals surface area contributed by atoms with Gasteiger partial charge in [0, 0.05) is 34.3 Å². The molecule has 6 rings (SSSR count). The minimum absolute atomic E-state index is 0.125. The Bertz CT molecular complexity index is 1880. The maximum atomic E-state index is 12.0. The summed E-state index contributed by atoms with van der Waals surface area (Å²) in [7, 11) is 2.02. The number of aliphatic carboxylic acids is 1. The van der Waals surface area contributed by atoms with Crippen LogP contribution in [0.5, 0.6) is 11.5 Å². The Balaban J connectivity index is 1.51. The Morgan fingerprint density at radius 3 is 2.65 bits per heavy atom. The van der Waals surface area contributed by atoms with Crippen LogP contribution >= 0.6 is 22.9 Å². The minimum atomic E-state index is -0.901. The molecule has 0 saturated heterocycles. The fraction of sp³-hybridized carbons (Fsp3) is 0.265. The summed E-state index contributed by atoms with van der Waals surface area (Å²) in [5, 5.41) is 11.2. The molecule has 43 heavy (non-hydrogen) atoms. The van der Waals surface area contributed by atoms with Crippen LogP contribution in [0, 0.1) is 6.92 Å². The fourth-order valence-corrected chi connectivity index (χ4v) is 6.62. The number of likely N-dealkylation sites (N-methyl/N-ethyl adjacent to an activating group) is 1. The lowest BCUT2D eigenvalue weighted by atomic mass is 9.92. The van der Waals surface area contributed by atoms with E-state index >= 15 is 0 Å². The third-order valence-electron chi connectivity index (χ3n) is 7.26. The highest BCUT2D eigenvalue weighted by Crippen LogP contribution is 2.45. The molecular weight excluding hydrogens is 582 g/mol. The van der Waals surface area contributed by atoms with E-state index in [4.69, 9.17) is 31.0 Å². The number of pyridine rings is 1. The SMILES string of the molecule is Cc1cc2nc(-c3cccc(-c4ccc5c(n4)N(C)CCO5)c3)sc2c(-c2ccc(Cl)cc2OC(C)(C)C)c1CC(=O)O. The van der Waals surface area contributed by atoms with Crippen molar-refractivity contribution >= 4 is 44.9 Å². The van der Waals surface area contributed by atoms with Gasteiger partial charge in [0.15, 0.2) is 11.6 Å². The van der Waals surface area contributed by atoms with Gasteiger partial charge in [-0.15, -0.1) is 11.3 Å². The smallest absolute Gasteiger partial charge is 0.307 e. The molecule has 0 unspecified atom stereocenters. The third kappa shape index (κ3) is 5.90. The first-order chi connectivity index (χ1) is 20.5. The van der Waals surface area contributed by atoms with Crippen LogP contribution in [-0.4, -0.2) is 46.8 Å². The average Bonchev–Trinajstić information content (AvgIpc) is 3.37. The number of aryl methyl sites for hydroxylation is 1. The van der Waals surface area contributed by atoms with Gasteiger partial charge >= 0.3 is 5.97 Å². The van der Waals surface area contributed by atoms with Gasteiger partial charge in [0.2, 0.25) is 0 Å². The van der Waals surface area contributed by atoms with Crippen molar-refractivity contribution in [2.24, 2.45) is 0 Å². The number of anilines is 1. The fourth-order valence-electron chi connectivity index (χ4n) is 5.33. The van der Waals surface area contributed by atoms with Gasteiger partial charge in [-0.1, -0.05) is 29.8 Å². The highest BCUT2D eigenvalue weighted by molar-refractivity contribution is 7.22. The molecule has 0 spiro atoms. The number of aromatic nitrogens is 2. The summed E-state index contributed by atoms with van der Waals surface area (Å²) >= 11 is 7.94. The van der Waals surface area contributed by atoms with E-state index < -0.39 is 11.6 Å². The predicted octanol–water partition coefficient (Wildman–Crippen LogP) is 8.29. The van der Waals surface area contributed by atoms with Crippen LogP contribution in [0.2, 0.25) is 5.02 Å². The average molecular weight is 614 g/mol. The first-order valence-corrected chi connectivity index (χ1v) is 15.3. The number of benzene rings is 3. The van der Waals surface area contributed by atoms with Crippen LogP contribution < -0.4 is 14.4 Å². The molecule has 220 valence electrons. The van der Waals surface area contributed by atoms with Gasteiger partial charge in [-0.05, 0) is 81.3 Å². The summed E-state index contributed by atoms with van der Waals surface area (Å²) in [5.41, 5.74) is 6.28. The molecule has 3 heterocycles. The monoisotopic (exact) mass is 613 g/mol. The molecule has 0 aliphatic carbocycles. The lowest BCUT2D eigenvalue weighted by molar-refractivity contribution is -0.136. The lowest BCUT2D eigenvalue weighted by Crippen LogP contribution is -2.29. The standard InChI is InChI=1S/C34H32ClN3O4S/c1-19-15-26-31(30(24(19)18-29(39)40)23-10-9-22(35)17-28(23)42-34(2,3)4)43-33(37-26)21-8-6-7-20(16-21)25-11-12-27-32(36-25)38(5)13-14-41-27/h6-12,15-17H,13-14,18H2,1-5H3,(H,39,40). The second-order valence-corrected chi connectivity index (χ2v) is 13.1. The minimum Gasteiger partial charge on any atom is -0.488 e. The topological polar surface area (TPSA) is 84.8 Å². The first-order valence-electron chi connectivity index (χ1n) is 14.1. The largest absolute Gasteiger partial charge is 0.488 e. The molecule has 0 atom stereocenters. The number of carbonyl (C=O) groups is 1. The summed E-state index contributed by atoms with van der Waals surface area (Å²) < 4.78 is 13.0. The van der Waals surface area contributed by atoms with Crippen molar-refractivity contribution in [3.63, 3.8) is 0 Å². The maximum Gasteiger partial charge on any atom is 0.307 e. The molecule has 5 aromatic rings. The van der Waals surface area contributed by atoms with Crippen molar-refractivity contribution in [1.82, 2.24) is 9.97 Å². The van der Waals surface area contributed by atoms with Gasteiger partial charge in [0.05, 0.1) is 28.9 Å². The molecule has 3 aromatic carbocycles. The molecule has 0 bridgehead atoms. The number of hydrogen-bond donors (Lipinski definition) is 1. The van der Waals surface area contributed by atoms with Crippen molar-refractivity contribution in [2.75, 3.05) is 25.1 Å². The van der Waals surface area contributed by atoms with E-state index in [-0.39, 0.29) is 6.42 Å². The highest BCUT2D eigenvalue weighted by Gasteiger charge is 2.24. The Morgan fingerprint density at radius 2 is 1.88 bits per heavy atom. The van der Waals surface area contributed by atoms with Crippen LogP contribution in [0.1, 0.15) is 31.9 Å². The number of nitrogens with zero attached hydrogens (tertiary/aromatic N) is 3. The van der Waals surface area contributed by atoms with Gasteiger partial charge in [0.25, 0.3) is 0 Å². The second kappa shape index (κ2) is 11.2. The van der Waals surface area contributed by atoms with E-state index in [1.807, 2.05) is 83.3 Å². The van der Waals surface area contributed by atoms with Gasteiger partial charge < -0.3 is 19.5 Å². The Morgan fingerprint density at radius 1 is 1.09 bits per heavy atom. The van der Waals surface area contributed by atoms with E-state index in [1.54, 1.807) is 6.07 Å². The predicted molar refractivity (Wildman–Crippen MR) is 174 cm³/mol. The molecule has 7 nitrogen and oxygen atoms in total. The van der Waals surface area contributed by atoms with E-state index in [0.29, 0.717) is 17.4 Å². The summed E-state index contributed by atoms with van der Waals surface area (Å²) in [5.74, 6) is 1.32. The number of rotatable bonds is 6. The number of thiazole rings is 1. The van der Waals surface area contributed by atoms with Crippen molar-refractivity contribution in [3.05, 3.63) is 76.8 Å². The van der Waals surface area contributed by atoms with Crippen molar-refractivity contribution < 1.29 is 19.4 Å². The lowest BCUT2D eigenvalue weighted by Gasteiger charge is -2.26. The quantitative estimate of drug-likeness (QED) is 0.206. The van der Waals surface area contributed by atoms with Crippen molar-refractivity contribution in [2.45, 2.75) is 39.7 Å². The summed E-state index contributed by atoms with van der Waals surface area (Å²) in [6.07, 6.45) is -0.125. The van der Waals surface area contributed by atoms with Crippen LogP contribution in [-0.2, 0) is 11.2 Å². The molecule has 0 amide bonds. The van der Waals surface area contributed by atoms with E-state index in [9.17, 15) is 9.90 Å². The number of carboxylic acids is 1. The van der Waals surface area contributed by atoms with Crippen LogP contribution in [0.3, 0.4) is 0 Å². The third-order valence-corrected chi connectivity index (χ3v) is 8.63. The van der Waals surface area contributed by atoms with Crippen molar-refractivity contribution in [3.8, 4) is 44.5 Å². The molecule has 1 aliphatic rings. The van der Waals surface area contributed by atoms with Gasteiger partial charge in [0.1, 0.15) is 23.0 Å². The molecule has 9 heteroatoms. The van der Waals surface area contributed by atoms with Crippen LogP contribution in [0.4, 0.5) is 5.82 Å². The summed E-state index contributed by atoms with van der Waals surface area (Å²) in [6.45, 7) is 9.29. The Kier molecular flexibility index (Phi) is 7.52. The van der Waals surface area contributed by atoms with Crippen LogP contribution in [0.15, 0.2) is 60.7 Å². The second-order valence-electron chi connectivity index (χ2n) is 11.7. The maximum absolute atomic E-state index is 12.0. The normalized spacial score (nSPS) is 13.1. The Labute approximate surface area is 259 Å². The number of ether oxygens (including phenoxy) is 2. The number of halogens is 1. The Hall–Kier alpha value is -4.14. The molecule has 1 aliphatic heterocycles. The molecule has 0 fully saturated rings. The van der Waals surface area contributed by atoms with Gasteiger partial charge in [-0.2, -0.15) is 0 Å². The van der Waals surface area contributed by atoms with E-state index in [1.165, 1.54) is 11.3 Å². The molecule has 0 saturated carbocycles. The van der Waals surface area contributed by atoms with E-state index in [0.717, 1.165) is 72.4 Å². The number of fused-ring (bicyclic) bond motifs is 2. The zero-order valence-corrected chi connectivity index (χ0v) is 26.3. The number of hydrogen-bond acceptors (Lipinski definition) is 7. The molecule has 2 aromatic heterocycles.